The van der Waals surface area contributed by atoms with Crippen LogP contribution < -0.4 is 11.5 Å². The molecule has 0 heterocycles. The Bertz CT molecular complexity index is 167. The van der Waals surface area contributed by atoms with Crippen molar-refractivity contribution in [2.24, 2.45) is 11.5 Å². The van der Waals surface area contributed by atoms with E-state index in [1.807, 2.05) is 0 Å². The van der Waals surface area contributed by atoms with Gasteiger partial charge in [0.1, 0.15) is 23.5 Å². The average Bonchev–Trinajstić information content (AvgIpc) is 1.84. The molecule has 0 atom stereocenters. The van der Waals surface area contributed by atoms with Crippen molar-refractivity contribution in [2.75, 3.05) is 0 Å². The van der Waals surface area contributed by atoms with E-state index in [1.165, 1.54) is 12.1 Å². The molecule has 0 rings (SSSR count). The maximum atomic E-state index is 7.97. The Kier molecular flexibility index (Phi) is 1.96. The highest BCUT2D eigenvalue weighted by atomic mass is 14.7. The van der Waals surface area contributed by atoms with Gasteiger partial charge in [-0.15, -0.1) is 0 Å². The molecule has 0 aromatic carbocycles. The third-order valence-electron chi connectivity index (χ3n) is 0.531. The molecule has 4 heteroatoms. The van der Waals surface area contributed by atoms with Crippen molar-refractivity contribution in [3.05, 3.63) is 11.4 Å². The Balaban J connectivity index is 4.41. The quantitative estimate of drug-likeness (QED) is 0.395. The zero-order valence-electron chi connectivity index (χ0n) is 4.05. The first-order valence-corrected chi connectivity index (χ1v) is 1.77. The summed E-state index contributed by atoms with van der Waals surface area (Å²) in [5.74, 6) is 0. The summed E-state index contributed by atoms with van der Waals surface area (Å²) < 4.78 is 0. The van der Waals surface area contributed by atoms with Gasteiger partial charge in [0.05, 0.1) is 0 Å². The molecule has 8 heavy (non-hydrogen) atoms. The molecule has 0 fully saturated rings. The number of nitriles is 2. The summed E-state index contributed by atoms with van der Waals surface area (Å²) in [5.41, 5.74) is 9.34. The molecular formula is C4H4N4. The Morgan fingerprint density at radius 1 is 1.00 bits per heavy atom. The van der Waals surface area contributed by atoms with Gasteiger partial charge in [-0.1, -0.05) is 0 Å². The fourth-order valence-corrected chi connectivity index (χ4v) is 0.120. The first kappa shape index (κ1) is 6.32. The van der Waals surface area contributed by atoms with Crippen molar-refractivity contribution < 1.29 is 0 Å². The standard InChI is InChI=1S/C4H4N4/c5-1-3(7)4(8)2-6/h7-8H2. The molecule has 0 aliphatic rings. The minimum absolute atomic E-state index is 0.229. The second-order valence-corrected chi connectivity index (χ2v) is 1.05. The van der Waals surface area contributed by atoms with Crippen LogP contribution in [0.25, 0.3) is 0 Å². The Hall–Kier alpha value is -1.68. The van der Waals surface area contributed by atoms with E-state index in [-0.39, 0.29) is 11.4 Å². The summed E-state index contributed by atoms with van der Waals surface area (Å²) in [4.78, 5) is 0. The lowest BCUT2D eigenvalue weighted by atomic mass is 10.4. The molecular weight excluding hydrogens is 104 g/mol. The second kappa shape index (κ2) is 2.49. The van der Waals surface area contributed by atoms with Crippen LogP contribution >= 0.6 is 0 Å². The summed E-state index contributed by atoms with van der Waals surface area (Å²) in [6, 6.07) is 3.05. The van der Waals surface area contributed by atoms with E-state index in [1.54, 1.807) is 0 Å². The fraction of sp³-hybridized carbons (Fsp3) is 0. The van der Waals surface area contributed by atoms with Crippen molar-refractivity contribution in [2.45, 2.75) is 0 Å². The van der Waals surface area contributed by atoms with E-state index in [0.717, 1.165) is 0 Å². The van der Waals surface area contributed by atoms with Gasteiger partial charge >= 0.3 is 0 Å². The predicted molar refractivity (Wildman–Crippen MR) is 26.6 cm³/mol. The van der Waals surface area contributed by atoms with E-state index in [2.05, 4.69) is 0 Å². The van der Waals surface area contributed by atoms with Crippen molar-refractivity contribution in [1.29, 1.82) is 10.5 Å². The molecule has 0 aromatic rings. The first-order chi connectivity index (χ1) is 3.72. The minimum atomic E-state index is -0.229. The van der Waals surface area contributed by atoms with E-state index in [9.17, 15) is 0 Å². The zero-order chi connectivity index (χ0) is 6.57. The molecule has 0 aromatic heterocycles. The normalized spacial score (nSPS) is 10.8. The SMILES string of the molecule is N#CC(N)=C(N)C#N. The summed E-state index contributed by atoms with van der Waals surface area (Å²) in [5, 5.41) is 15.9. The zero-order valence-corrected chi connectivity index (χ0v) is 4.05. The van der Waals surface area contributed by atoms with Crippen LogP contribution in [0, 0.1) is 22.7 Å². The number of rotatable bonds is 0. The van der Waals surface area contributed by atoms with E-state index in [0.29, 0.717) is 0 Å². The van der Waals surface area contributed by atoms with Crippen LogP contribution in [0.4, 0.5) is 0 Å². The van der Waals surface area contributed by atoms with Crippen molar-refractivity contribution in [3.8, 4) is 12.1 Å². The molecule has 0 bridgehead atoms. The number of nitrogens with zero attached hydrogens (tertiary/aromatic N) is 2. The van der Waals surface area contributed by atoms with Crippen LogP contribution in [0.5, 0.6) is 0 Å². The Morgan fingerprint density at radius 3 is 1.38 bits per heavy atom. The monoisotopic (exact) mass is 108 g/mol. The van der Waals surface area contributed by atoms with E-state index < -0.39 is 0 Å². The van der Waals surface area contributed by atoms with Crippen LogP contribution in [0.15, 0.2) is 11.4 Å². The molecule has 0 unspecified atom stereocenters. The summed E-state index contributed by atoms with van der Waals surface area (Å²) >= 11 is 0. The Labute approximate surface area is 46.6 Å². The van der Waals surface area contributed by atoms with Crippen molar-refractivity contribution in [1.82, 2.24) is 0 Å². The van der Waals surface area contributed by atoms with E-state index in [4.69, 9.17) is 22.0 Å². The topological polar surface area (TPSA) is 99.6 Å². The van der Waals surface area contributed by atoms with Gasteiger partial charge in [0, 0.05) is 0 Å². The summed E-state index contributed by atoms with van der Waals surface area (Å²) in [7, 11) is 0. The van der Waals surface area contributed by atoms with Gasteiger partial charge < -0.3 is 11.5 Å². The molecule has 0 saturated carbocycles. The second-order valence-electron chi connectivity index (χ2n) is 1.05. The lowest BCUT2D eigenvalue weighted by Gasteiger charge is -1.83. The highest BCUT2D eigenvalue weighted by Gasteiger charge is 1.91. The van der Waals surface area contributed by atoms with Gasteiger partial charge in [0.25, 0.3) is 0 Å². The van der Waals surface area contributed by atoms with Crippen LogP contribution in [0.1, 0.15) is 0 Å². The Morgan fingerprint density at radius 2 is 1.25 bits per heavy atom. The molecule has 4 nitrogen and oxygen atoms in total. The lowest BCUT2D eigenvalue weighted by Crippen LogP contribution is -2.05. The molecule has 0 aliphatic heterocycles. The van der Waals surface area contributed by atoms with Crippen LogP contribution in [0.3, 0.4) is 0 Å². The van der Waals surface area contributed by atoms with Gasteiger partial charge in [-0.3, -0.25) is 0 Å². The fourth-order valence-electron chi connectivity index (χ4n) is 0.120. The summed E-state index contributed by atoms with van der Waals surface area (Å²) in [6.45, 7) is 0. The smallest absolute Gasteiger partial charge is 0.145 e. The third-order valence-corrected chi connectivity index (χ3v) is 0.531. The van der Waals surface area contributed by atoms with Crippen LogP contribution in [0.2, 0.25) is 0 Å². The molecule has 0 aliphatic carbocycles. The van der Waals surface area contributed by atoms with Crippen molar-refractivity contribution in [3.63, 3.8) is 0 Å². The van der Waals surface area contributed by atoms with Crippen LogP contribution in [-0.4, -0.2) is 0 Å². The van der Waals surface area contributed by atoms with E-state index >= 15 is 0 Å². The number of nitrogens with two attached hydrogens (primary N) is 2. The minimum Gasteiger partial charge on any atom is -0.388 e. The molecule has 0 saturated heterocycles. The number of hydrogen-bond acceptors (Lipinski definition) is 4. The van der Waals surface area contributed by atoms with Gasteiger partial charge in [-0.05, 0) is 0 Å². The number of allylic oxidation sites excluding steroid dienone is 2. The van der Waals surface area contributed by atoms with Crippen molar-refractivity contribution >= 4 is 0 Å². The average molecular weight is 108 g/mol. The molecule has 40 valence electrons. The third kappa shape index (κ3) is 1.19. The van der Waals surface area contributed by atoms with Gasteiger partial charge in [0.15, 0.2) is 0 Å². The van der Waals surface area contributed by atoms with Crippen LogP contribution in [-0.2, 0) is 0 Å². The number of hydrogen-bond donors (Lipinski definition) is 2. The molecule has 0 radical (unpaired) electrons. The molecule has 0 spiro atoms. The largest absolute Gasteiger partial charge is 0.388 e. The molecule has 4 N–H and O–H groups in total. The molecule has 0 amide bonds. The maximum absolute atomic E-state index is 7.97. The lowest BCUT2D eigenvalue weighted by molar-refractivity contribution is 1.27. The highest BCUT2D eigenvalue weighted by Crippen LogP contribution is 1.83. The maximum Gasteiger partial charge on any atom is 0.145 e. The first-order valence-electron chi connectivity index (χ1n) is 1.77. The van der Waals surface area contributed by atoms with Gasteiger partial charge in [-0.25, -0.2) is 0 Å². The van der Waals surface area contributed by atoms with Gasteiger partial charge in [-0.2, -0.15) is 10.5 Å². The summed E-state index contributed by atoms with van der Waals surface area (Å²) in [6.07, 6.45) is 0. The van der Waals surface area contributed by atoms with Gasteiger partial charge in [0.2, 0.25) is 0 Å². The highest BCUT2D eigenvalue weighted by molar-refractivity contribution is 5.31. The predicted octanol–water partition coefficient (Wildman–Crippen LogP) is -0.837.